The van der Waals surface area contributed by atoms with E-state index in [4.69, 9.17) is 4.74 Å². The van der Waals surface area contributed by atoms with Gasteiger partial charge in [0.2, 0.25) is 5.91 Å². The number of fused-ring (bicyclic) bond motifs is 3. The molecule has 2 amide bonds. The van der Waals surface area contributed by atoms with Crippen molar-refractivity contribution < 1.29 is 24.2 Å². The predicted octanol–water partition coefficient (Wildman–Crippen LogP) is 3.77. The Morgan fingerprint density at radius 1 is 1.09 bits per heavy atom. The molecule has 2 aliphatic rings. The van der Waals surface area contributed by atoms with Crippen molar-refractivity contribution in [2.45, 2.75) is 50.6 Å². The number of piperidine rings is 1. The summed E-state index contributed by atoms with van der Waals surface area (Å²) in [5, 5.41) is 12.2. The lowest BCUT2D eigenvalue weighted by Gasteiger charge is -2.35. The van der Waals surface area contributed by atoms with Gasteiger partial charge in [0.05, 0.1) is 0 Å². The van der Waals surface area contributed by atoms with Crippen LogP contribution in [0.1, 0.15) is 49.7 Å². The minimum atomic E-state index is -1.03. The maximum atomic E-state index is 13.2. The number of amides is 2. The Balaban J connectivity index is 1.45. The van der Waals surface area contributed by atoms with Gasteiger partial charge in [0.15, 0.2) is 0 Å². The summed E-state index contributed by atoms with van der Waals surface area (Å²) in [6.07, 6.45) is 1.25. The highest BCUT2D eigenvalue weighted by Crippen LogP contribution is 2.44. The number of hydrogen-bond acceptors (Lipinski definition) is 4. The highest BCUT2D eigenvalue weighted by molar-refractivity contribution is 5.89. The second-order valence-electron chi connectivity index (χ2n) is 8.53. The first kappa shape index (κ1) is 23.4. The third-order valence-electron chi connectivity index (χ3n) is 6.49. The number of benzene rings is 2. The lowest BCUT2D eigenvalue weighted by atomic mass is 9.98. The summed E-state index contributed by atoms with van der Waals surface area (Å²) in [5.74, 6) is 3.99. The second kappa shape index (κ2) is 10.4. The van der Waals surface area contributed by atoms with Gasteiger partial charge in [0.1, 0.15) is 18.7 Å². The number of nitrogens with zero attached hydrogens (tertiary/aromatic N) is 1. The van der Waals surface area contributed by atoms with Crippen LogP contribution >= 0.6 is 0 Å². The van der Waals surface area contributed by atoms with Gasteiger partial charge in [-0.3, -0.25) is 4.79 Å². The topological polar surface area (TPSA) is 95.9 Å². The highest BCUT2D eigenvalue weighted by Gasteiger charge is 2.36. The quantitative estimate of drug-likeness (QED) is 0.640. The fraction of sp³-hybridized carbons (Fsp3) is 0.370. The van der Waals surface area contributed by atoms with E-state index in [-0.39, 0.29) is 18.9 Å². The zero-order chi connectivity index (χ0) is 24.1. The Hall–Kier alpha value is -3.79. The van der Waals surface area contributed by atoms with Crippen LogP contribution in [0.3, 0.4) is 0 Å². The highest BCUT2D eigenvalue weighted by atomic mass is 16.5. The molecule has 176 valence electrons. The van der Waals surface area contributed by atoms with Crippen molar-refractivity contribution >= 4 is 18.0 Å². The van der Waals surface area contributed by atoms with Crippen LogP contribution in [0.2, 0.25) is 0 Å². The van der Waals surface area contributed by atoms with E-state index in [0.717, 1.165) is 35.1 Å². The molecule has 1 heterocycles. The van der Waals surface area contributed by atoms with E-state index >= 15 is 0 Å². The molecule has 0 bridgehead atoms. The van der Waals surface area contributed by atoms with Crippen LogP contribution in [0, 0.1) is 11.8 Å². The number of nitrogens with one attached hydrogen (secondary N) is 1. The fourth-order valence-electron chi connectivity index (χ4n) is 4.84. The molecule has 1 aliphatic heterocycles. The number of carbonyl (C=O) groups is 3. The van der Waals surface area contributed by atoms with Gasteiger partial charge in [-0.25, -0.2) is 9.59 Å². The molecule has 2 aromatic carbocycles. The van der Waals surface area contributed by atoms with Crippen molar-refractivity contribution in [3.8, 4) is 23.0 Å². The predicted molar refractivity (Wildman–Crippen MR) is 127 cm³/mol. The Bertz CT molecular complexity index is 1100. The summed E-state index contributed by atoms with van der Waals surface area (Å²) in [6.45, 7) is 2.12. The van der Waals surface area contributed by atoms with Crippen molar-refractivity contribution in [1.29, 1.82) is 0 Å². The van der Waals surface area contributed by atoms with Crippen molar-refractivity contribution in [1.82, 2.24) is 10.2 Å². The molecule has 2 N–H and O–H groups in total. The van der Waals surface area contributed by atoms with Gasteiger partial charge in [0, 0.05) is 18.9 Å². The van der Waals surface area contributed by atoms with Gasteiger partial charge in [-0.1, -0.05) is 48.5 Å². The molecule has 1 saturated heterocycles. The normalized spacial score (nSPS) is 17.6. The SMILES string of the molecule is CC#CCC(NC(=O)OCC1c2ccccc2-c2ccccc21)C(=O)N1CCCCC1C(=O)O. The van der Waals surface area contributed by atoms with Crippen LogP contribution < -0.4 is 5.32 Å². The molecule has 2 atom stereocenters. The largest absolute Gasteiger partial charge is 0.480 e. The van der Waals surface area contributed by atoms with Crippen LogP contribution in [0.4, 0.5) is 4.79 Å². The van der Waals surface area contributed by atoms with Gasteiger partial charge in [-0.15, -0.1) is 11.8 Å². The molecule has 2 aromatic rings. The molecule has 0 saturated carbocycles. The summed E-state index contributed by atoms with van der Waals surface area (Å²) in [5.41, 5.74) is 4.45. The van der Waals surface area contributed by atoms with Crippen LogP contribution in [0.25, 0.3) is 11.1 Å². The molecule has 2 unspecified atom stereocenters. The summed E-state index contributed by atoms with van der Waals surface area (Å²) in [7, 11) is 0. The van der Waals surface area contributed by atoms with E-state index in [9.17, 15) is 19.5 Å². The Morgan fingerprint density at radius 3 is 2.35 bits per heavy atom. The number of carboxylic acids is 1. The molecule has 4 rings (SSSR count). The van der Waals surface area contributed by atoms with E-state index in [2.05, 4.69) is 29.3 Å². The molecule has 34 heavy (non-hydrogen) atoms. The smallest absolute Gasteiger partial charge is 0.407 e. The van der Waals surface area contributed by atoms with E-state index in [1.54, 1.807) is 6.92 Å². The number of carbonyl (C=O) groups excluding carboxylic acids is 2. The summed E-state index contributed by atoms with van der Waals surface area (Å²) in [6, 6.07) is 14.2. The van der Waals surface area contributed by atoms with Crippen molar-refractivity contribution in [3.05, 3.63) is 59.7 Å². The molecule has 1 aliphatic carbocycles. The Kier molecular flexibility index (Phi) is 7.17. The number of rotatable bonds is 6. The standard InChI is InChI=1S/C27H28N2O5/c1-2-3-14-23(25(30)29-16-9-8-15-24(29)26(31)32)28-27(33)34-17-22-20-12-6-4-10-18(20)19-11-5-7-13-21(19)22/h4-7,10-13,22-24H,8-9,14-17H2,1H3,(H,28,33)(H,31,32). The number of aliphatic carboxylic acids is 1. The summed E-state index contributed by atoms with van der Waals surface area (Å²) < 4.78 is 5.58. The zero-order valence-corrected chi connectivity index (χ0v) is 19.1. The first-order valence-electron chi connectivity index (χ1n) is 11.6. The Labute approximate surface area is 199 Å². The average Bonchev–Trinajstić information content (AvgIpc) is 3.18. The number of ether oxygens (including phenoxy) is 1. The fourth-order valence-corrected chi connectivity index (χ4v) is 4.84. The number of alkyl carbamates (subject to hydrolysis) is 1. The molecular weight excluding hydrogens is 432 g/mol. The molecule has 7 nitrogen and oxygen atoms in total. The maximum Gasteiger partial charge on any atom is 0.407 e. The second-order valence-corrected chi connectivity index (χ2v) is 8.53. The lowest BCUT2D eigenvalue weighted by molar-refractivity contribution is -0.152. The molecule has 0 radical (unpaired) electrons. The van der Waals surface area contributed by atoms with Crippen LogP contribution in [-0.2, 0) is 14.3 Å². The third kappa shape index (κ3) is 4.76. The third-order valence-corrected chi connectivity index (χ3v) is 6.49. The van der Waals surface area contributed by atoms with Gasteiger partial charge >= 0.3 is 12.1 Å². The number of likely N-dealkylation sites (tertiary alicyclic amines) is 1. The minimum Gasteiger partial charge on any atom is -0.480 e. The van der Waals surface area contributed by atoms with E-state index < -0.39 is 30.1 Å². The zero-order valence-electron chi connectivity index (χ0n) is 19.1. The molecule has 0 spiro atoms. The van der Waals surface area contributed by atoms with E-state index in [0.29, 0.717) is 13.0 Å². The monoisotopic (exact) mass is 460 g/mol. The number of carboxylic acid groups (broad SMARTS) is 1. The summed E-state index contributed by atoms with van der Waals surface area (Å²) >= 11 is 0. The maximum absolute atomic E-state index is 13.2. The van der Waals surface area contributed by atoms with Crippen LogP contribution in [0.15, 0.2) is 48.5 Å². The van der Waals surface area contributed by atoms with Crippen molar-refractivity contribution in [2.24, 2.45) is 0 Å². The van der Waals surface area contributed by atoms with Crippen LogP contribution in [0.5, 0.6) is 0 Å². The van der Waals surface area contributed by atoms with Crippen molar-refractivity contribution in [2.75, 3.05) is 13.2 Å². The van der Waals surface area contributed by atoms with Crippen LogP contribution in [-0.4, -0.2) is 53.2 Å². The van der Waals surface area contributed by atoms with E-state index in [1.165, 1.54) is 4.90 Å². The first-order valence-corrected chi connectivity index (χ1v) is 11.6. The summed E-state index contributed by atoms with van der Waals surface area (Å²) in [4.78, 5) is 38.9. The minimum absolute atomic E-state index is 0.0857. The van der Waals surface area contributed by atoms with Gasteiger partial charge in [0.25, 0.3) is 0 Å². The van der Waals surface area contributed by atoms with E-state index in [1.807, 2.05) is 36.4 Å². The van der Waals surface area contributed by atoms with Gasteiger partial charge in [-0.05, 0) is 48.4 Å². The van der Waals surface area contributed by atoms with Crippen molar-refractivity contribution in [3.63, 3.8) is 0 Å². The molecular formula is C27H28N2O5. The van der Waals surface area contributed by atoms with Gasteiger partial charge in [-0.2, -0.15) is 0 Å². The molecule has 1 fully saturated rings. The molecule has 0 aromatic heterocycles. The average molecular weight is 461 g/mol. The van der Waals surface area contributed by atoms with Gasteiger partial charge < -0.3 is 20.1 Å². The molecule has 7 heteroatoms. The first-order chi connectivity index (χ1) is 16.5. The lowest BCUT2D eigenvalue weighted by Crippen LogP contribution is -2.55. The number of hydrogen-bond donors (Lipinski definition) is 2. The Morgan fingerprint density at radius 2 is 1.74 bits per heavy atom.